The Morgan fingerprint density at radius 1 is 0.886 bits per heavy atom. The molecule has 35 heavy (non-hydrogen) atoms. The van der Waals surface area contributed by atoms with Gasteiger partial charge in [0.1, 0.15) is 6.04 Å². The fraction of sp³-hybridized carbons (Fsp3) is 0.391. The van der Waals surface area contributed by atoms with Crippen molar-refractivity contribution in [2.24, 2.45) is 0 Å². The van der Waals surface area contributed by atoms with Crippen molar-refractivity contribution >= 4 is 31.7 Å². The molecule has 2 aromatic rings. The molecule has 190 valence electrons. The fourth-order valence-corrected chi connectivity index (χ4v) is 5.25. The van der Waals surface area contributed by atoms with Crippen molar-refractivity contribution in [3.63, 3.8) is 0 Å². The number of nitrogens with zero attached hydrogens (tertiary/aromatic N) is 2. The highest BCUT2D eigenvalue weighted by atomic mass is 32.2. The third kappa shape index (κ3) is 6.88. The standard InChI is InChI=1S/C23H29N3O7S2/c1-34(30,31)20-9-7-18(8-10-20)17-3-5-19(6-4-17)22(28)24-21(11-16-27)23(29)25-12-14-26(15-13-25)35(2,32)33/h3-10,21,27H,11-16H2,1-2H3,(H,24,28)/t21-/m0/s1. The Morgan fingerprint density at radius 3 is 1.86 bits per heavy atom. The zero-order valence-electron chi connectivity index (χ0n) is 19.5. The van der Waals surface area contributed by atoms with Gasteiger partial charge in [0.15, 0.2) is 9.84 Å². The number of hydrogen-bond acceptors (Lipinski definition) is 7. The van der Waals surface area contributed by atoms with Crippen molar-refractivity contribution in [3.05, 3.63) is 54.1 Å². The van der Waals surface area contributed by atoms with Crippen LogP contribution in [0, 0.1) is 0 Å². The summed E-state index contributed by atoms with van der Waals surface area (Å²) in [7, 11) is -6.63. The second-order valence-electron chi connectivity index (χ2n) is 8.40. The van der Waals surface area contributed by atoms with Gasteiger partial charge in [-0.25, -0.2) is 16.8 Å². The zero-order chi connectivity index (χ0) is 25.8. The van der Waals surface area contributed by atoms with E-state index in [-0.39, 0.29) is 50.0 Å². The molecule has 0 bridgehead atoms. The number of sulfonamides is 1. The molecule has 2 aromatic carbocycles. The first kappa shape index (κ1) is 26.8. The van der Waals surface area contributed by atoms with E-state index in [2.05, 4.69) is 5.32 Å². The van der Waals surface area contributed by atoms with E-state index in [0.29, 0.717) is 5.56 Å². The Morgan fingerprint density at radius 2 is 1.40 bits per heavy atom. The van der Waals surface area contributed by atoms with Crippen molar-refractivity contribution in [2.45, 2.75) is 17.4 Å². The van der Waals surface area contributed by atoms with Crippen LogP contribution in [0.1, 0.15) is 16.8 Å². The van der Waals surface area contributed by atoms with E-state index in [0.717, 1.165) is 23.6 Å². The Labute approximate surface area is 205 Å². The average molecular weight is 524 g/mol. The molecule has 0 radical (unpaired) electrons. The number of sulfone groups is 1. The Hall–Kier alpha value is -2.80. The number of piperazine rings is 1. The molecule has 1 aliphatic heterocycles. The van der Waals surface area contributed by atoms with Gasteiger partial charge in [-0.2, -0.15) is 4.31 Å². The van der Waals surface area contributed by atoms with Gasteiger partial charge in [0.05, 0.1) is 11.2 Å². The Kier molecular flexibility index (Phi) is 8.31. The van der Waals surface area contributed by atoms with E-state index in [9.17, 15) is 31.5 Å². The minimum Gasteiger partial charge on any atom is -0.396 e. The normalized spacial score (nSPS) is 16.0. The maximum atomic E-state index is 12.9. The van der Waals surface area contributed by atoms with Gasteiger partial charge in [-0.15, -0.1) is 0 Å². The van der Waals surface area contributed by atoms with Crippen LogP contribution >= 0.6 is 0 Å². The van der Waals surface area contributed by atoms with Crippen LogP contribution in [0.2, 0.25) is 0 Å². The van der Waals surface area contributed by atoms with Gasteiger partial charge in [-0.3, -0.25) is 9.59 Å². The summed E-state index contributed by atoms with van der Waals surface area (Å²) in [6.45, 7) is 0.462. The topological polar surface area (TPSA) is 141 Å². The average Bonchev–Trinajstić information content (AvgIpc) is 2.82. The quantitative estimate of drug-likeness (QED) is 0.508. The molecule has 0 aromatic heterocycles. The van der Waals surface area contributed by atoms with E-state index in [1.54, 1.807) is 36.4 Å². The van der Waals surface area contributed by atoms with E-state index < -0.39 is 31.8 Å². The molecule has 10 nitrogen and oxygen atoms in total. The van der Waals surface area contributed by atoms with Gasteiger partial charge in [-0.1, -0.05) is 24.3 Å². The SMILES string of the molecule is CS(=O)(=O)c1ccc(-c2ccc(C(=O)N[C@@H](CCO)C(=O)N3CCN(S(C)(=O)=O)CC3)cc2)cc1. The molecule has 0 spiro atoms. The van der Waals surface area contributed by atoms with Crippen LogP contribution in [0.5, 0.6) is 0 Å². The number of aliphatic hydroxyl groups is 1. The molecular weight excluding hydrogens is 494 g/mol. The third-order valence-corrected chi connectivity index (χ3v) is 8.24. The van der Waals surface area contributed by atoms with Crippen LogP contribution in [0.4, 0.5) is 0 Å². The number of rotatable bonds is 8. The largest absolute Gasteiger partial charge is 0.396 e. The molecule has 1 heterocycles. The van der Waals surface area contributed by atoms with Gasteiger partial charge < -0.3 is 15.3 Å². The van der Waals surface area contributed by atoms with Gasteiger partial charge in [0.25, 0.3) is 5.91 Å². The van der Waals surface area contributed by atoms with Gasteiger partial charge in [0, 0.05) is 44.6 Å². The van der Waals surface area contributed by atoms with E-state index in [1.165, 1.54) is 21.3 Å². The van der Waals surface area contributed by atoms with Crippen molar-refractivity contribution < 1.29 is 31.5 Å². The first-order chi connectivity index (χ1) is 16.4. The summed E-state index contributed by atoms with van der Waals surface area (Å²) in [6.07, 6.45) is 2.29. The summed E-state index contributed by atoms with van der Waals surface area (Å²) in [4.78, 5) is 27.4. The molecule has 1 saturated heterocycles. The number of aliphatic hydroxyl groups excluding tert-OH is 1. The van der Waals surface area contributed by atoms with Crippen LogP contribution in [-0.4, -0.2) is 94.3 Å². The van der Waals surface area contributed by atoms with Gasteiger partial charge >= 0.3 is 0 Å². The lowest BCUT2D eigenvalue weighted by Gasteiger charge is -2.35. The molecule has 0 aliphatic carbocycles. The summed E-state index contributed by atoms with van der Waals surface area (Å²) in [5.41, 5.74) is 1.89. The molecule has 0 saturated carbocycles. The molecule has 3 rings (SSSR count). The first-order valence-electron chi connectivity index (χ1n) is 11.0. The first-order valence-corrected chi connectivity index (χ1v) is 14.7. The molecule has 1 aliphatic rings. The summed E-state index contributed by atoms with van der Waals surface area (Å²) in [5, 5.41) is 12.1. The third-order valence-electron chi connectivity index (χ3n) is 5.80. The Balaban J connectivity index is 1.66. The summed E-state index contributed by atoms with van der Waals surface area (Å²) >= 11 is 0. The number of benzene rings is 2. The highest BCUT2D eigenvalue weighted by Gasteiger charge is 2.30. The van der Waals surface area contributed by atoms with E-state index >= 15 is 0 Å². The number of nitrogens with one attached hydrogen (secondary N) is 1. The summed E-state index contributed by atoms with van der Waals surface area (Å²) in [6, 6.07) is 12.1. The summed E-state index contributed by atoms with van der Waals surface area (Å²) < 4.78 is 47.9. The van der Waals surface area contributed by atoms with Gasteiger partial charge in [0.2, 0.25) is 15.9 Å². The lowest BCUT2D eigenvalue weighted by atomic mass is 10.0. The number of carbonyl (C=O) groups excluding carboxylic acids is 2. The van der Waals surface area contributed by atoms with Crippen molar-refractivity contribution in [3.8, 4) is 11.1 Å². The second kappa shape index (κ2) is 10.9. The Bertz CT molecular complexity index is 1270. The number of amides is 2. The predicted octanol–water partition coefficient (Wildman–Crippen LogP) is 0.342. The van der Waals surface area contributed by atoms with Crippen molar-refractivity contribution in [1.29, 1.82) is 0 Å². The second-order valence-corrected chi connectivity index (χ2v) is 12.4. The highest BCUT2D eigenvalue weighted by molar-refractivity contribution is 7.90. The smallest absolute Gasteiger partial charge is 0.251 e. The van der Waals surface area contributed by atoms with Crippen LogP contribution in [0.25, 0.3) is 11.1 Å². The summed E-state index contributed by atoms with van der Waals surface area (Å²) in [5.74, 6) is -0.853. The molecule has 1 fully saturated rings. The predicted molar refractivity (Wildman–Crippen MR) is 131 cm³/mol. The molecule has 2 amide bonds. The lowest BCUT2D eigenvalue weighted by Crippen LogP contribution is -2.55. The van der Waals surface area contributed by atoms with Crippen LogP contribution in [-0.2, 0) is 24.7 Å². The number of carbonyl (C=O) groups is 2. The van der Waals surface area contributed by atoms with Crippen LogP contribution in [0.15, 0.2) is 53.4 Å². The van der Waals surface area contributed by atoms with Crippen molar-refractivity contribution in [2.75, 3.05) is 45.3 Å². The van der Waals surface area contributed by atoms with Crippen LogP contribution < -0.4 is 5.32 Å². The number of hydrogen-bond donors (Lipinski definition) is 2. The molecule has 12 heteroatoms. The van der Waals surface area contributed by atoms with Crippen LogP contribution in [0.3, 0.4) is 0 Å². The fourth-order valence-electron chi connectivity index (χ4n) is 3.80. The minimum absolute atomic E-state index is 0.0294. The molecule has 1 atom stereocenters. The van der Waals surface area contributed by atoms with Crippen molar-refractivity contribution in [1.82, 2.24) is 14.5 Å². The van der Waals surface area contributed by atoms with E-state index in [1.807, 2.05) is 0 Å². The molecule has 2 N–H and O–H groups in total. The monoisotopic (exact) mass is 523 g/mol. The van der Waals surface area contributed by atoms with E-state index in [4.69, 9.17) is 0 Å². The highest BCUT2D eigenvalue weighted by Crippen LogP contribution is 2.22. The molecular formula is C23H29N3O7S2. The minimum atomic E-state index is -3.33. The van der Waals surface area contributed by atoms with Gasteiger partial charge in [-0.05, 0) is 41.8 Å². The maximum Gasteiger partial charge on any atom is 0.251 e. The molecule has 0 unspecified atom stereocenters. The lowest BCUT2D eigenvalue weighted by molar-refractivity contribution is -0.134. The maximum absolute atomic E-state index is 12.9. The zero-order valence-corrected chi connectivity index (χ0v) is 21.2.